The van der Waals surface area contributed by atoms with Gasteiger partial charge >= 0.3 is 0 Å². The van der Waals surface area contributed by atoms with E-state index >= 15 is 0 Å². The van der Waals surface area contributed by atoms with Crippen molar-refractivity contribution in [2.24, 2.45) is 5.11 Å². The summed E-state index contributed by atoms with van der Waals surface area (Å²) in [6, 6.07) is 7.35. The Kier molecular flexibility index (Phi) is 5.86. The molecule has 2 N–H and O–H groups in total. The van der Waals surface area contributed by atoms with Crippen LogP contribution in [0.15, 0.2) is 34.3 Å². The van der Waals surface area contributed by atoms with Crippen molar-refractivity contribution in [2.75, 3.05) is 12.8 Å². The average molecular weight is 253 g/mol. The topological polar surface area (TPSA) is 89.2 Å². The summed E-state index contributed by atoms with van der Waals surface area (Å²) >= 11 is 1.62. The van der Waals surface area contributed by atoms with Crippen LogP contribution in [-0.2, 0) is 0 Å². The summed E-state index contributed by atoms with van der Waals surface area (Å²) in [6.07, 6.45) is 0.357. The fraction of sp³-hybridized carbons (Fsp3) is 0.455. The molecule has 5 nitrogen and oxygen atoms in total. The molecule has 1 aromatic rings. The molecule has 0 aliphatic carbocycles. The van der Waals surface area contributed by atoms with E-state index in [1.165, 1.54) is 0 Å². The maximum Gasteiger partial charge on any atom is 0.105 e. The van der Waals surface area contributed by atoms with Crippen molar-refractivity contribution in [2.45, 2.75) is 23.5 Å². The lowest BCUT2D eigenvalue weighted by atomic mass is 10.0. The minimum atomic E-state index is -0.945. The van der Waals surface area contributed by atoms with Crippen molar-refractivity contribution >= 4 is 11.8 Å². The van der Waals surface area contributed by atoms with Crippen LogP contribution in [0.1, 0.15) is 18.1 Å². The zero-order valence-electron chi connectivity index (χ0n) is 9.52. The normalized spacial score (nSPS) is 13.8. The third kappa shape index (κ3) is 4.28. The van der Waals surface area contributed by atoms with Crippen molar-refractivity contribution < 1.29 is 10.2 Å². The van der Waals surface area contributed by atoms with Gasteiger partial charge in [-0.05, 0) is 35.9 Å². The number of rotatable bonds is 6. The van der Waals surface area contributed by atoms with Crippen LogP contribution < -0.4 is 0 Å². The Morgan fingerprint density at radius 3 is 2.53 bits per heavy atom. The third-order valence-corrected chi connectivity index (χ3v) is 3.15. The predicted molar refractivity (Wildman–Crippen MR) is 67.8 cm³/mol. The van der Waals surface area contributed by atoms with Gasteiger partial charge in [0.2, 0.25) is 0 Å². The van der Waals surface area contributed by atoms with E-state index in [0.717, 1.165) is 4.90 Å². The SMILES string of the molecule is CSc1ccc(C(O)C(O)CCN=[N+]=[N-])cc1. The van der Waals surface area contributed by atoms with Gasteiger partial charge in [0.25, 0.3) is 0 Å². The van der Waals surface area contributed by atoms with Crippen molar-refractivity contribution in [1.29, 1.82) is 0 Å². The quantitative estimate of drug-likeness (QED) is 0.353. The largest absolute Gasteiger partial charge is 0.390 e. The van der Waals surface area contributed by atoms with Gasteiger partial charge in [0.1, 0.15) is 6.10 Å². The number of azide groups is 1. The second-order valence-electron chi connectivity index (χ2n) is 3.53. The average Bonchev–Trinajstić information content (AvgIpc) is 2.38. The lowest BCUT2D eigenvalue weighted by Crippen LogP contribution is -2.19. The van der Waals surface area contributed by atoms with E-state index in [9.17, 15) is 10.2 Å². The Balaban J connectivity index is 2.60. The molecule has 0 fully saturated rings. The summed E-state index contributed by atoms with van der Waals surface area (Å²) in [5.74, 6) is 0. The molecule has 0 bridgehead atoms. The highest BCUT2D eigenvalue weighted by Crippen LogP contribution is 2.22. The van der Waals surface area contributed by atoms with Crippen molar-refractivity contribution in [1.82, 2.24) is 0 Å². The second kappa shape index (κ2) is 7.19. The molecule has 0 amide bonds. The Hall–Kier alpha value is -1.20. The Morgan fingerprint density at radius 2 is 2.00 bits per heavy atom. The number of hydrogen-bond acceptors (Lipinski definition) is 4. The van der Waals surface area contributed by atoms with E-state index in [-0.39, 0.29) is 13.0 Å². The van der Waals surface area contributed by atoms with Gasteiger partial charge < -0.3 is 10.2 Å². The van der Waals surface area contributed by atoms with Gasteiger partial charge in [-0.25, -0.2) is 0 Å². The minimum absolute atomic E-state index is 0.178. The molecule has 0 aliphatic heterocycles. The zero-order chi connectivity index (χ0) is 12.7. The van der Waals surface area contributed by atoms with Crippen LogP contribution in [0.5, 0.6) is 0 Å². The molecule has 17 heavy (non-hydrogen) atoms. The molecule has 2 atom stereocenters. The standard InChI is InChI=1S/C11H15N3O2S/c1-17-9-4-2-8(3-5-9)11(16)10(15)6-7-13-14-12/h2-5,10-11,15-16H,6-7H2,1H3. The summed E-state index contributed by atoms with van der Waals surface area (Å²) in [5, 5.41) is 22.9. The van der Waals surface area contributed by atoms with E-state index in [1.807, 2.05) is 18.4 Å². The summed E-state index contributed by atoms with van der Waals surface area (Å²) in [5.41, 5.74) is 8.77. The molecule has 0 saturated carbocycles. The zero-order valence-corrected chi connectivity index (χ0v) is 10.3. The van der Waals surface area contributed by atoms with Crippen molar-refractivity contribution in [3.05, 3.63) is 40.3 Å². The maximum absolute atomic E-state index is 9.86. The van der Waals surface area contributed by atoms with Crippen molar-refractivity contribution in [3.63, 3.8) is 0 Å². The van der Waals surface area contributed by atoms with E-state index < -0.39 is 12.2 Å². The van der Waals surface area contributed by atoms with E-state index in [0.29, 0.717) is 5.56 Å². The fourth-order valence-electron chi connectivity index (χ4n) is 1.42. The van der Waals surface area contributed by atoms with Gasteiger partial charge in [0.05, 0.1) is 6.10 Å². The molecule has 0 aromatic heterocycles. The Labute approximate surface area is 104 Å². The summed E-state index contributed by atoms with van der Waals surface area (Å²) in [4.78, 5) is 3.69. The summed E-state index contributed by atoms with van der Waals surface area (Å²) in [7, 11) is 0. The van der Waals surface area contributed by atoms with E-state index in [2.05, 4.69) is 10.0 Å². The Morgan fingerprint density at radius 1 is 1.35 bits per heavy atom. The fourth-order valence-corrected chi connectivity index (χ4v) is 1.82. The van der Waals surface area contributed by atoms with E-state index in [4.69, 9.17) is 5.53 Å². The molecular formula is C11H15N3O2S. The first-order valence-corrected chi connectivity index (χ1v) is 6.42. The lowest BCUT2D eigenvalue weighted by molar-refractivity contribution is 0.0150. The highest BCUT2D eigenvalue weighted by Gasteiger charge is 2.17. The number of nitrogens with zero attached hydrogens (tertiary/aromatic N) is 3. The van der Waals surface area contributed by atoms with Gasteiger partial charge in [-0.1, -0.05) is 17.2 Å². The van der Waals surface area contributed by atoms with Crippen LogP contribution in [-0.4, -0.2) is 29.1 Å². The van der Waals surface area contributed by atoms with Crippen LogP contribution in [0.2, 0.25) is 0 Å². The number of benzene rings is 1. The number of aliphatic hydroxyl groups excluding tert-OH is 2. The predicted octanol–water partition coefficient (Wildman–Crippen LogP) is 2.50. The molecule has 1 rings (SSSR count). The van der Waals surface area contributed by atoms with Crippen LogP contribution in [0.4, 0.5) is 0 Å². The Bertz CT molecular complexity index is 390. The third-order valence-electron chi connectivity index (χ3n) is 2.41. The van der Waals surface area contributed by atoms with Gasteiger partial charge in [-0.15, -0.1) is 11.8 Å². The summed E-state index contributed by atoms with van der Waals surface area (Å²) in [6.45, 7) is 0.178. The van der Waals surface area contributed by atoms with Gasteiger partial charge in [-0.3, -0.25) is 0 Å². The molecule has 0 radical (unpaired) electrons. The number of aliphatic hydroxyl groups is 2. The first kappa shape index (κ1) is 13.9. The van der Waals surface area contributed by atoms with Crippen LogP contribution in [0.25, 0.3) is 10.4 Å². The van der Waals surface area contributed by atoms with Crippen LogP contribution in [0.3, 0.4) is 0 Å². The summed E-state index contributed by atoms with van der Waals surface area (Å²) < 4.78 is 0. The molecule has 92 valence electrons. The van der Waals surface area contributed by atoms with Gasteiger partial charge in [0.15, 0.2) is 0 Å². The molecule has 2 unspecified atom stereocenters. The van der Waals surface area contributed by atoms with Gasteiger partial charge in [0, 0.05) is 16.4 Å². The molecule has 6 heteroatoms. The molecule has 1 aromatic carbocycles. The second-order valence-corrected chi connectivity index (χ2v) is 4.41. The lowest BCUT2D eigenvalue weighted by Gasteiger charge is -2.17. The smallest absolute Gasteiger partial charge is 0.105 e. The molecule has 0 spiro atoms. The highest BCUT2D eigenvalue weighted by molar-refractivity contribution is 7.98. The van der Waals surface area contributed by atoms with Crippen LogP contribution >= 0.6 is 11.8 Å². The number of hydrogen-bond donors (Lipinski definition) is 2. The molecule has 0 heterocycles. The van der Waals surface area contributed by atoms with Crippen molar-refractivity contribution in [3.8, 4) is 0 Å². The first-order chi connectivity index (χ1) is 8.19. The molecule has 0 saturated heterocycles. The monoisotopic (exact) mass is 253 g/mol. The van der Waals surface area contributed by atoms with Gasteiger partial charge in [-0.2, -0.15) is 0 Å². The highest BCUT2D eigenvalue weighted by atomic mass is 32.2. The molecular weight excluding hydrogens is 238 g/mol. The number of thioether (sulfide) groups is 1. The molecule has 0 aliphatic rings. The minimum Gasteiger partial charge on any atom is -0.390 e. The maximum atomic E-state index is 9.86. The first-order valence-electron chi connectivity index (χ1n) is 5.20. The van der Waals surface area contributed by atoms with Crippen LogP contribution in [0, 0.1) is 0 Å². The van der Waals surface area contributed by atoms with E-state index in [1.54, 1.807) is 23.9 Å².